The highest BCUT2D eigenvalue weighted by Gasteiger charge is 2.12. The highest BCUT2D eigenvalue weighted by atomic mass is 35.5. The molecule has 0 heterocycles. The molecule has 0 atom stereocenters. The second-order valence-electron chi connectivity index (χ2n) is 6.10. The van der Waals surface area contributed by atoms with E-state index in [1.165, 1.54) is 0 Å². The molecule has 3 aromatic rings. The molecule has 0 aliphatic carbocycles. The van der Waals surface area contributed by atoms with E-state index in [0.717, 1.165) is 16.7 Å². The topological polar surface area (TPSA) is 52.9 Å². The van der Waals surface area contributed by atoms with E-state index < -0.39 is 5.91 Å². The molecular weight excluding hydrogens is 391 g/mol. The first-order valence-electron chi connectivity index (χ1n) is 8.57. The Bertz CT molecular complexity index is 1080. The van der Waals surface area contributed by atoms with E-state index in [2.05, 4.69) is 5.32 Å². The van der Waals surface area contributed by atoms with Crippen LogP contribution in [0.15, 0.2) is 78.4 Å². The van der Waals surface area contributed by atoms with Gasteiger partial charge in [0.25, 0.3) is 5.91 Å². The van der Waals surface area contributed by atoms with Crippen LogP contribution in [0.4, 0.5) is 5.69 Å². The molecule has 1 N–H and O–H groups in total. The normalized spacial score (nSPS) is 11.0. The van der Waals surface area contributed by atoms with Gasteiger partial charge in [0.15, 0.2) is 0 Å². The van der Waals surface area contributed by atoms with Gasteiger partial charge in [-0.2, -0.15) is 5.26 Å². The maximum atomic E-state index is 12.5. The quantitative estimate of drug-likeness (QED) is 0.409. The molecule has 3 nitrogen and oxygen atoms in total. The number of nitrogens with zero attached hydrogens (tertiary/aromatic N) is 1. The fourth-order valence-corrected chi connectivity index (χ4v) is 3.14. The van der Waals surface area contributed by atoms with Crippen molar-refractivity contribution in [3.05, 3.63) is 105 Å². The maximum Gasteiger partial charge on any atom is 0.266 e. The van der Waals surface area contributed by atoms with Crippen molar-refractivity contribution < 1.29 is 4.79 Å². The number of anilines is 1. The van der Waals surface area contributed by atoms with E-state index in [-0.39, 0.29) is 5.57 Å². The van der Waals surface area contributed by atoms with Gasteiger partial charge >= 0.3 is 0 Å². The number of carbonyl (C=O) groups is 1. The SMILES string of the molecule is N#C/C(=C\c1ccccc1Cc1ccccc1Cl)C(=O)Nc1cccc(Cl)c1. The molecule has 3 rings (SSSR count). The summed E-state index contributed by atoms with van der Waals surface area (Å²) >= 11 is 12.2. The second-order valence-corrected chi connectivity index (χ2v) is 6.94. The zero-order valence-corrected chi connectivity index (χ0v) is 16.3. The maximum absolute atomic E-state index is 12.5. The van der Waals surface area contributed by atoms with Gasteiger partial charge in [-0.3, -0.25) is 4.79 Å². The number of carbonyl (C=O) groups excluding carboxylic acids is 1. The van der Waals surface area contributed by atoms with Crippen LogP contribution in [-0.2, 0) is 11.2 Å². The lowest BCUT2D eigenvalue weighted by atomic mass is 9.98. The third-order valence-electron chi connectivity index (χ3n) is 4.14. The van der Waals surface area contributed by atoms with Crippen molar-refractivity contribution in [3.63, 3.8) is 0 Å². The van der Waals surface area contributed by atoms with Gasteiger partial charge in [0.05, 0.1) is 0 Å². The Morgan fingerprint density at radius 3 is 2.39 bits per heavy atom. The van der Waals surface area contributed by atoms with Gasteiger partial charge in [0, 0.05) is 15.7 Å². The van der Waals surface area contributed by atoms with E-state index in [1.807, 2.05) is 54.6 Å². The largest absolute Gasteiger partial charge is 0.321 e. The van der Waals surface area contributed by atoms with Crippen molar-refractivity contribution in [2.24, 2.45) is 0 Å². The van der Waals surface area contributed by atoms with Crippen molar-refractivity contribution in [1.29, 1.82) is 5.26 Å². The molecule has 5 heteroatoms. The van der Waals surface area contributed by atoms with E-state index in [1.54, 1.807) is 30.3 Å². The molecule has 0 fully saturated rings. The molecule has 0 spiro atoms. The lowest BCUT2D eigenvalue weighted by Gasteiger charge is -2.09. The first-order chi connectivity index (χ1) is 13.6. The number of halogens is 2. The Morgan fingerprint density at radius 1 is 0.964 bits per heavy atom. The van der Waals surface area contributed by atoms with Gasteiger partial charge in [0.2, 0.25) is 0 Å². The van der Waals surface area contributed by atoms with Gasteiger partial charge in [-0.25, -0.2) is 0 Å². The van der Waals surface area contributed by atoms with E-state index in [0.29, 0.717) is 22.2 Å². The van der Waals surface area contributed by atoms with E-state index in [4.69, 9.17) is 23.2 Å². The highest BCUT2D eigenvalue weighted by molar-refractivity contribution is 6.31. The molecule has 0 radical (unpaired) electrons. The van der Waals surface area contributed by atoms with Gasteiger partial charge in [-0.05, 0) is 53.5 Å². The number of nitrogens with one attached hydrogen (secondary N) is 1. The number of hydrogen-bond donors (Lipinski definition) is 1. The summed E-state index contributed by atoms with van der Waals surface area (Å²) in [6, 6.07) is 24.0. The van der Waals surface area contributed by atoms with Crippen molar-refractivity contribution in [3.8, 4) is 6.07 Å². The standard InChI is InChI=1S/C23H16Cl2N2O/c24-20-9-5-10-21(14-20)27-23(28)19(15-26)13-17-7-2-1-6-16(17)12-18-8-3-4-11-22(18)25/h1-11,13-14H,12H2,(H,27,28)/b19-13+. The molecule has 0 aliphatic rings. The average molecular weight is 407 g/mol. The minimum absolute atomic E-state index is 0.00610. The van der Waals surface area contributed by atoms with Crippen LogP contribution < -0.4 is 5.32 Å². The fourth-order valence-electron chi connectivity index (χ4n) is 2.75. The van der Waals surface area contributed by atoms with Crippen molar-refractivity contribution >= 4 is 40.9 Å². The summed E-state index contributed by atoms with van der Waals surface area (Å²) in [4.78, 5) is 12.5. The summed E-state index contributed by atoms with van der Waals surface area (Å²) in [6.45, 7) is 0. The smallest absolute Gasteiger partial charge is 0.266 e. The first-order valence-corrected chi connectivity index (χ1v) is 9.32. The molecule has 0 aliphatic heterocycles. The predicted molar refractivity (Wildman–Crippen MR) is 114 cm³/mol. The molecule has 0 unspecified atom stereocenters. The molecule has 0 saturated heterocycles. The van der Waals surface area contributed by atoms with E-state index in [9.17, 15) is 10.1 Å². The third-order valence-corrected chi connectivity index (χ3v) is 4.75. The lowest BCUT2D eigenvalue weighted by Crippen LogP contribution is -2.13. The van der Waals surface area contributed by atoms with Crippen LogP contribution in [0, 0.1) is 11.3 Å². The Morgan fingerprint density at radius 2 is 1.68 bits per heavy atom. The van der Waals surface area contributed by atoms with Gasteiger partial charge in [0.1, 0.15) is 11.6 Å². The summed E-state index contributed by atoms with van der Waals surface area (Å²) in [7, 11) is 0. The summed E-state index contributed by atoms with van der Waals surface area (Å²) in [5.74, 6) is -0.489. The fraction of sp³-hybridized carbons (Fsp3) is 0.0435. The third kappa shape index (κ3) is 5.01. The van der Waals surface area contributed by atoms with E-state index >= 15 is 0 Å². The van der Waals surface area contributed by atoms with Crippen LogP contribution in [-0.4, -0.2) is 5.91 Å². The second kappa shape index (κ2) is 9.23. The minimum atomic E-state index is -0.489. The summed E-state index contributed by atoms with van der Waals surface area (Å²) < 4.78 is 0. The van der Waals surface area contributed by atoms with Gasteiger partial charge in [-0.1, -0.05) is 71.7 Å². The van der Waals surface area contributed by atoms with Crippen LogP contribution >= 0.6 is 23.2 Å². The highest BCUT2D eigenvalue weighted by Crippen LogP contribution is 2.23. The van der Waals surface area contributed by atoms with Crippen LogP contribution in [0.25, 0.3) is 6.08 Å². The Balaban J connectivity index is 1.87. The summed E-state index contributed by atoms with van der Waals surface area (Å²) in [5.41, 5.74) is 3.28. The van der Waals surface area contributed by atoms with Gasteiger partial charge < -0.3 is 5.32 Å². The molecule has 28 heavy (non-hydrogen) atoms. The Labute approximate surface area is 173 Å². The zero-order chi connectivity index (χ0) is 19.9. The summed E-state index contributed by atoms with van der Waals surface area (Å²) in [6.07, 6.45) is 2.19. The molecular formula is C23H16Cl2N2O. The van der Waals surface area contributed by atoms with Crippen LogP contribution in [0.2, 0.25) is 10.0 Å². The number of rotatable bonds is 5. The number of benzene rings is 3. The molecule has 3 aromatic carbocycles. The molecule has 0 aromatic heterocycles. The van der Waals surface area contributed by atoms with Crippen LogP contribution in [0.1, 0.15) is 16.7 Å². The number of nitriles is 1. The zero-order valence-electron chi connectivity index (χ0n) is 14.8. The van der Waals surface area contributed by atoms with Crippen molar-refractivity contribution in [1.82, 2.24) is 0 Å². The first kappa shape index (κ1) is 19.7. The van der Waals surface area contributed by atoms with Gasteiger partial charge in [-0.15, -0.1) is 0 Å². The molecule has 0 saturated carbocycles. The van der Waals surface area contributed by atoms with Crippen LogP contribution in [0.3, 0.4) is 0 Å². The number of hydrogen-bond acceptors (Lipinski definition) is 2. The molecule has 1 amide bonds. The Hall–Kier alpha value is -3.06. The monoisotopic (exact) mass is 406 g/mol. The van der Waals surface area contributed by atoms with Crippen molar-refractivity contribution in [2.75, 3.05) is 5.32 Å². The average Bonchev–Trinajstić information content (AvgIpc) is 2.69. The van der Waals surface area contributed by atoms with Crippen molar-refractivity contribution in [2.45, 2.75) is 6.42 Å². The predicted octanol–water partition coefficient (Wildman–Crippen LogP) is 6.13. The lowest BCUT2D eigenvalue weighted by molar-refractivity contribution is -0.112. The van der Waals surface area contributed by atoms with Crippen LogP contribution in [0.5, 0.6) is 0 Å². The number of amides is 1. The Kier molecular flexibility index (Phi) is 6.49. The molecule has 0 bridgehead atoms. The summed E-state index contributed by atoms with van der Waals surface area (Å²) in [5, 5.41) is 13.4. The molecule has 138 valence electrons. The minimum Gasteiger partial charge on any atom is -0.321 e.